The van der Waals surface area contributed by atoms with Crippen molar-refractivity contribution in [2.45, 2.75) is 30.8 Å². The van der Waals surface area contributed by atoms with E-state index in [4.69, 9.17) is 4.55 Å². The van der Waals surface area contributed by atoms with Gasteiger partial charge in [-0.3, -0.25) is 9.27 Å². The summed E-state index contributed by atoms with van der Waals surface area (Å²) >= 11 is 1.45. The average molecular weight is 472 g/mol. The van der Waals surface area contributed by atoms with Gasteiger partial charge in [-0.05, 0) is 30.5 Å². The molecule has 0 saturated carbocycles. The van der Waals surface area contributed by atoms with Crippen LogP contribution < -0.4 is 9.44 Å². The molecular weight excluding hydrogens is 450 g/mol. The zero-order valence-electron chi connectivity index (χ0n) is 16.2. The third-order valence-electron chi connectivity index (χ3n) is 4.12. The molecule has 30 heavy (non-hydrogen) atoms. The maximum Gasteiger partial charge on any atom is 0.357 e. The molecule has 0 aliphatic carbocycles. The lowest BCUT2D eigenvalue weighted by molar-refractivity contribution is 0.489. The van der Waals surface area contributed by atoms with Crippen LogP contribution in [0.15, 0.2) is 47.2 Å². The maximum atomic E-state index is 12.8. The summed E-state index contributed by atoms with van der Waals surface area (Å²) in [5.41, 5.74) is 1.53. The Bertz CT molecular complexity index is 1220. The highest BCUT2D eigenvalue weighted by Gasteiger charge is 2.25. The molecule has 3 N–H and O–H groups in total. The van der Waals surface area contributed by atoms with Crippen molar-refractivity contribution in [2.75, 3.05) is 4.72 Å². The number of anilines is 1. The van der Waals surface area contributed by atoms with Crippen LogP contribution in [-0.4, -0.2) is 35.9 Å². The van der Waals surface area contributed by atoms with E-state index >= 15 is 0 Å². The monoisotopic (exact) mass is 471 g/mol. The highest BCUT2D eigenvalue weighted by Crippen LogP contribution is 2.24. The van der Waals surface area contributed by atoms with E-state index in [0.717, 1.165) is 17.0 Å². The van der Waals surface area contributed by atoms with Crippen molar-refractivity contribution in [3.8, 4) is 0 Å². The van der Waals surface area contributed by atoms with Crippen LogP contribution in [0.3, 0.4) is 0 Å². The van der Waals surface area contributed by atoms with E-state index < -0.39 is 26.4 Å². The standard InChI is InChI=1S/C17H21N5O5S3/c1-3-16-19-15(10-28-16)14(21-29(23,24)17-9-22(2)11-18-17)8-12-4-6-13(7-5-12)20-30(25,26)27/h4-7,9-11,14,20-21H,3,8H2,1-2H3,(H,25,26,27)/t14-/m0/s1. The third kappa shape index (κ3) is 5.86. The molecule has 0 aliphatic heterocycles. The summed E-state index contributed by atoms with van der Waals surface area (Å²) in [4.78, 5) is 8.43. The molecule has 1 atom stereocenters. The van der Waals surface area contributed by atoms with E-state index in [-0.39, 0.29) is 17.1 Å². The molecule has 162 valence electrons. The Hall–Kier alpha value is -2.32. The van der Waals surface area contributed by atoms with Gasteiger partial charge in [0.1, 0.15) is 0 Å². The van der Waals surface area contributed by atoms with Gasteiger partial charge in [-0.15, -0.1) is 11.3 Å². The minimum absolute atomic E-state index is 0.0892. The molecule has 13 heteroatoms. The van der Waals surface area contributed by atoms with Crippen LogP contribution in [0, 0.1) is 0 Å². The van der Waals surface area contributed by atoms with Crippen molar-refractivity contribution >= 4 is 37.4 Å². The molecule has 2 aromatic heterocycles. The molecule has 3 aromatic rings. The van der Waals surface area contributed by atoms with Crippen molar-refractivity contribution in [1.29, 1.82) is 0 Å². The van der Waals surface area contributed by atoms with E-state index in [9.17, 15) is 16.8 Å². The van der Waals surface area contributed by atoms with Crippen molar-refractivity contribution in [3.05, 3.63) is 58.4 Å². The molecule has 0 bridgehead atoms. The predicted molar refractivity (Wildman–Crippen MR) is 113 cm³/mol. The SMILES string of the molecule is CCc1nc([C@H](Cc2ccc(NS(=O)(=O)O)cc2)NS(=O)(=O)c2cn(C)cn2)cs1. The Morgan fingerprint density at radius 1 is 1.20 bits per heavy atom. The Balaban J connectivity index is 1.86. The Morgan fingerprint density at radius 2 is 1.90 bits per heavy atom. The van der Waals surface area contributed by atoms with Crippen LogP contribution in [0.25, 0.3) is 0 Å². The summed E-state index contributed by atoms with van der Waals surface area (Å²) in [6, 6.07) is 5.59. The molecule has 10 nitrogen and oxygen atoms in total. The number of imidazole rings is 1. The van der Waals surface area contributed by atoms with Gasteiger partial charge < -0.3 is 4.57 Å². The minimum Gasteiger partial charge on any atom is -0.339 e. The first-order valence-corrected chi connectivity index (χ1v) is 12.6. The molecule has 0 amide bonds. The fraction of sp³-hybridized carbons (Fsp3) is 0.294. The van der Waals surface area contributed by atoms with Crippen LogP contribution in [0.5, 0.6) is 0 Å². The molecule has 3 rings (SSSR count). The van der Waals surface area contributed by atoms with E-state index in [0.29, 0.717) is 5.69 Å². The highest BCUT2D eigenvalue weighted by molar-refractivity contribution is 7.89. The topological polar surface area (TPSA) is 143 Å². The van der Waals surface area contributed by atoms with Gasteiger partial charge in [0.2, 0.25) is 0 Å². The molecular formula is C17H21N5O5S3. The van der Waals surface area contributed by atoms with Crippen LogP contribution in [0.4, 0.5) is 5.69 Å². The first kappa shape index (κ1) is 22.4. The van der Waals surface area contributed by atoms with Gasteiger partial charge in [0.05, 0.1) is 28.8 Å². The number of hydrogen-bond donors (Lipinski definition) is 3. The number of aromatic nitrogens is 3. The summed E-state index contributed by atoms with van der Waals surface area (Å²) in [6.45, 7) is 1.97. The van der Waals surface area contributed by atoms with Crippen molar-refractivity contribution in [1.82, 2.24) is 19.3 Å². The number of thiazole rings is 1. The van der Waals surface area contributed by atoms with E-state index in [1.165, 1.54) is 36.0 Å². The fourth-order valence-electron chi connectivity index (χ4n) is 2.72. The second-order valence-corrected chi connectivity index (χ2v) is 10.3. The molecule has 0 radical (unpaired) electrons. The largest absolute Gasteiger partial charge is 0.357 e. The molecule has 0 spiro atoms. The quantitative estimate of drug-likeness (QED) is 0.405. The average Bonchev–Trinajstić information content (AvgIpc) is 3.30. The lowest BCUT2D eigenvalue weighted by Gasteiger charge is -2.17. The molecule has 0 aliphatic rings. The second kappa shape index (κ2) is 8.81. The zero-order valence-corrected chi connectivity index (χ0v) is 18.6. The van der Waals surface area contributed by atoms with E-state index in [1.807, 2.05) is 17.0 Å². The summed E-state index contributed by atoms with van der Waals surface area (Å²) in [5, 5.41) is 2.62. The normalized spacial score (nSPS) is 13.3. The predicted octanol–water partition coefficient (Wildman–Crippen LogP) is 1.92. The molecule has 0 unspecified atom stereocenters. The summed E-state index contributed by atoms with van der Waals surface area (Å²) < 4.78 is 62.5. The number of nitrogens with zero attached hydrogens (tertiary/aromatic N) is 3. The van der Waals surface area contributed by atoms with Crippen LogP contribution in [0.2, 0.25) is 0 Å². The van der Waals surface area contributed by atoms with Gasteiger partial charge in [0.25, 0.3) is 10.0 Å². The van der Waals surface area contributed by atoms with Crippen molar-refractivity contribution in [2.24, 2.45) is 7.05 Å². The first-order chi connectivity index (χ1) is 14.1. The Morgan fingerprint density at radius 3 is 2.43 bits per heavy atom. The summed E-state index contributed by atoms with van der Waals surface area (Å²) in [5.74, 6) is 0. The lowest BCUT2D eigenvalue weighted by Crippen LogP contribution is -2.30. The van der Waals surface area contributed by atoms with Crippen LogP contribution in [0.1, 0.15) is 29.2 Å². The first-order valence-electron chi connectivity index (χ1n) is 8.84. The number of sulfonamides is 1. The van der Waals surface area contributed by atoms with Crippen molar-refractivity contribution < 1.29 is 21.4 Å². The Kier molecular flexibility index (Phi) is 6.57. The van der Waals surface area contributed by atoms with Gasteiger partial charge in [0, 0.05) is 18.6 Å². The maximum absolute atomic E-state index is 12.8. The van der Waals surface area contributed by atoms with Gasteiger partial charge in [-0.1, -0.05) is 19.1 Å². The molecule has 2 heterocycles. The number of aryl methyl sites for hydroxylation is 2. The van der Waals surface area contributed by atoms with Gasteiger partial charge in [-0.25, -0.2) is 23.1 Å². The minimum atomic E-state index is -4.37. The van der Waals surface area contributed by atoms with Gasteiger partial charge in [-0.2, -0.15) is 8.42 Å². The van der Waals surface area contributed by atoms with Crippen LogP contribution >= 0.6 is 11.3 Å². The van der Waals surface area contributed by atoms with Crippen molar-refractivity contribution in [3.63, 3.8) is 0 Å². The number of nitrogens with one attached hydrogen (secondary N) is 2. The second-order valence-electron chi connectivity index (χ2n) is 6.55. The van der Waals surface area contributed by atoms with Gasteiger partial charge >= 0.3 is 10.3 Å². The number of rotatable bonds is 9. The fourth-order valence-corrected chi connectivity index (χ4v) is 5.15. The van der Waals surface area contributed by atoms with E-state index in [2.05, 4.69) is 14.7 Å². The zero-order chi connectivity index (χ0) is 21.9. The number of hydrogen-bond acceptors (Lipinski definition) is 7. The lowest BCUT2D eigenvalue weighted by atomic mass is 10.0. The molecule has 1 aromatic carbocycles. The van der Waals surface area contributed by atoms with Gasteiger partial charge in [0.15, 0.2) is 5.03 Å². The smallest absolute Gasteiger partial charge is 0.339 e. The van der Waals surface area contributed by atoms with E-state index in [1.54, 1.807) is 23.7 Å². The molecule has 0 fully saturated rings. The third-order valence-corrected chi connectivity index (χ3v) is 6.98. The highest BCUT2D eigenvalue weighted by atomic mass is 32.2. The Labute approximate surface area is 178 Å². The summed E-state index contributed by atoms with van der Waals surface area (Å²) in [7, 11) is -6.57. The molecule has 0 saturated heterocycles. The van der Waals surface area contributed by atoms with Crippen LogP contribution in [-0.2, 0) is 40.2 Å². The summed E-state index contributed by atoms with van der Waals surface area (Å²) in [6.07, 6.45) is 3.84. The number of benzene rings is 1.